The normalized spacial score (nSPS) is 12.1. The van der Waals surface area contributed by atoms with E-state index in [9.17, 15) is 4.79 Å². The lowest BCUT2D eigenvalue weighted by Crippen LogP contribution is -2.31. The van der Waals surface area contributed by atoms with Crippen LogP contribution in [0.1, 0.15) is 40.7 Å². The predicted octanol–water partition coefficient (Wildman–Crippen LogP) is 5.56. The van der Waals surface area contributed by atoms with Crippen LogP contribution < -0.4 is 5.32 Å². The minimum atomic E-state index is -0.0269. The summed E-state index contributed by atoms with van der Waals surface area (Å²) in [5.74, 6) is 1.18. The van der Waals surface area contributed by atoms with Gasteiger partial charge < -0.3 is 5.32 Å². The number of nitrogens with zero attached hydrogens (tertiary/aromatic N) is 1. The van der Waals surface area contributed by atoms with Crippen molar-refractivity contribution < 1.29 is 4.79 Å². The SMILES string of the molecule is CC(C)C(NC(=O)c1ccc(SCc2cccnc2)cc1)c1cccs1. The molecule has 0 saturated carbocycles. The van der Waals surface area contributed by atoms with Crippen LogP contribution in [0, 0.1) is 5.92 Å². The van der Waals surface area contributed by atoms with E-state index >= 15 is 0 Å². The Hall–Kier alpha value is -2.11. The van der Waals surface area contributed by atoms with Gasteiger partial charge in [0, 0.05) is 33.5 Å². The Morgan fingerprint density at radius 1 is 1.15 bits per heavy atom. The topological polar surface area (TPSA) is 42.0 Å². The number of carbonyl (C=O) groups is 1. The third kappa shape index (κ3) is 4.96. The molecule has 0 saturated heterocycles. The monoisotopic (exact) mass is 382 g/mol. The summed E-state index contributed by atoms with van der Waals surface area (Å²) in [6, 6.07) is 16.0. The molecule has 0 radical (unpaired) electrons. The van der Waals surface area contributed by atoms with E-state index in [0.717, 1.165) is 10.6 Å². The lowest BCUT2D eigenvalue weighted by atomic mass is 10.0. The molecule has 0 aliphatic carbocycles. The van der Waals surface area contributed by atoms with E-state index in [1.807, 2.05) is 48.0 Å². The molecular formula is C21H22N2OS2. The third-order valence-electron chi connectivity index (χ3n) is 4.05. The van der Waals surface area contributed by atoms with Gasteiger partial charge in [0.1, 0.15) is 0 Å². The Labute approximate surface area is 162 Å². The van der Waals surface area contributed by atoms with Crippen molar-refractivity contribution >= 4 is 29.0 Å². The second kappa shape index (κ2) is 9.01. The predicted molar refractivity (Wildman–Crippen MR) is 110 cm³/mol. The fraction of sp³-hybridized carbons (Fsp3) is 0.238. The molecule has 1 atom stereocenters. The van der Waals surface area contributed by atoms with Crippen LogP contribution in [0.2, 0.25) is 0 Å². The van der Waals surface area contributed by atoms with Gasteiger partial charge in [0.05, 0.1) is 6.04 Å². The van der Waals surface area contributed by atoms with Gasteiger partial charge in [-0.25, -0.2) is 0 Å². The van der Waals surface area contributed by atoms with Gasteiger partial charge in [0.25, 0.3) is 5.91 Å². The molecule has 0 aliphatic heterocycles. The van der Waals surface area contributed by atoms with Gasteiger partial charge in [-0.15, -0.1) is 23.1 Å². The smallest absolute Gasteiger partial charge is 0.251 e. The van der Waals surface area contributed by atoms with Crippen molar-refractivity contribution in [1.82, 2.24) is 10.3 Å². The van der Waals surface area contributed by atoms with Gasteiger partial charge in [0.2, 0.25) is 0 Å². The van der Waals surface area contributed by atoms with Crippen LogP contribution >= 0.6 is 23.1 Å². The Bertz CT molecular complexity index is 815. The zero-order valence-electron chi connectivity index (χ0n) is 14.9. The van der Waals surface area contributed by atoms with Gasteiger partial charge in [-0.05, 0) is 53.3 Å². The number of amides is 1. The number of hydrogen-bond acceptors (Lipinski definition) is 4. The molecule has 134 valence electrons. The molecule has 3 nitrogen and oxygen atoms in total. The molecule has 2 heterocycles. The zero-order valence-corrected chi connectivity index (χ0v) is 16.5. The molecular weight excluding hydrogens is 360 g/mol. The first kappa shape index (κ1) is 18.7. The highest BCUT2D eigenvalue weighted by Gasteiger charge is 2.19. The number of benzene rings is 1. The number of aromatic nitrogens is 1. The molecule has 0 spiro atoms. The first-order valence-corrected chi connectivity index (χ1v) is 10.5. The Morgan fingerprint density at radius 3 is 2.58 bits per heavy atom. The van der Waals surface area contributed by atoms with Crippen LogP contribution in [0.25, 0.3) is 0 Å². The van der Waals surface area contributed by atoms with Crippen molar-refractivity contribution in [2.45, 2.75) is 30.5 Å². The summed E-state index contributed by atoms with van der Waals surface area (Å²) in [6.45, 7) is 4.26. The van der Waals surface area contributed by atoms with Crippen LogP contribution in [0.3, 0.4) is 0 Å². The molecule has 1 aromatic carbocycles. The van der Waals surface area contributed by atoms with Crippen LogP contribution in [-0.4, -0.2) is 10.9 Å². The largest absolute Gasteiger partial charge is 0.344 e. The molecule has 3 aromatic rings. The molecule has 1 amide bonds. The molecule has 26 heavy (non-hydrogen) atoms. The van der Waals surface area contributed by atoms with E-state index in [0.29, 0.717) is 11.5 Å². The molecule has 1 N–H and O–H groups in total. The fourth-order valence-corrected chi connectivity index (χ4v) is 4.39. The standard InChI is InChI=1S/C21H22N2OS2/c1-15(2)20(19-6-4-12-25-19)23-21(24)17-7-9-18(10-8-17)26-14-16-5-3-11-22-13-16/h3-13,15,20H,14H2,1-2H3,(H,23,24). The lowest BCUT2D eigenvalue weighted by molar-refractivity contribution is 0.0926. The minimum absolute atomic E-state index is 0.0269. The van der Waals surface area contributed by atoms with Gasteiger partial charge in [-0.3, -0.25) is 9.78 Å². The summed E-state index contributed by atoms with van der Waals surface area (Å²) in [5.41, 5.74) is 1.88. The van der Waals surface area contributed by atoms with Crippen LogP contribution in [0.15, 0.2) is 71.2 Å². The van der Waals surface area contributed by atoms with Crippen molar-refractivity contribution in [1.29, 1.82) is 0 Å². The first-order valence-electron chi connectivity index (χ1n) is 8.59. The van der Waals surface area contributed by atoms with E-state index in [-0.39, 0.29) is 11.9 Å². The molecule has 0 aliphatic rings. The van der Waals surface area contributed by atoms with E-state index < -0.39 is 0 Å². The van der Waals surface area contributed by atoms with Gasteiger partial charge in [0.15, 0.2) is 0 Å². The minimum Gasteiger partial charge on any atom is -0.344 e. The van der Waals surface area contributed by atoms with Gasteiger partial charge in [-0.2, -0.15) is 0 Å². The molecule has 0 fully saturated rings. The summed E-state index contributed by atoms with van der Waals surface area (Å²) in [6.07, 6.45) is 3.66. The summed E-state index contributed by atoms with van der Waals surface area (Å²) < 4.78 is 0. The summed E-state index contributed by atoms with van der Waals surface area (Å²) in [7, 11) is 0. The second-order valence-corrected chi connectivity index (χ2v) is 8.41. The number of thioether (sulfide) groups is 1. The van der Waals surface area contributed by atoms with Crippen molar-refractivity contribution in [2.24, 2.45) is 5.92 Å². The lowest BCUT2D eigenvalue weighted by Gasteiger charge is -2.21. The number of pyridine rings is 1. The third-order valence-corrected chi connectivity index (χ3v) is 6.09. The van der Waals surface area contributed by atoms with E-state index in [1.54, 1.807) is 29.3 Å². The first-order chi connectivity index (χ1) is 12.6. The highest BCUT2D eigenvalue weighted by atomic mass is 32.2. The average molecular weight is 383 g/mol. The van der Waals surface area contributed by atoms with Crippen molar-refractivity contribution in [2.75, 3.05) is 0 Å². The molecule has 5 heteroatoms. The maximum absolute atomic E-state index is 12.6. The number of thiophene rings is 1. The molecule has 3 rings (SSSR count). The Kier molecular flexibility index (Phi) is 6.47. The van der Waals surface area contributed by atoms with Crippen molar-refractivity contribution in [3.05, 3.63) is 82.3 Å². The average Bonchev–Trinajstić information content (AvgIpc) is 3.19. The van der Waals surface area contributed by atoms with Crippen LogP contribution in [-0.2, 0) is 5.75 Å². The fourth-order valence-electron chi connectivity index (χ4n) is 2.61. The van der Waals surface area contributed by atoms with Gasteiger partial charge >= 0.3 is 0 Å². The van der Waals surface area contributed by atoms with Crippen molar-refractivity contribution in [3.8, 4) is 0 Å². The van der Waals surface area contributed by atoms with E-state index in [1.165, 1.54) is 10.4 Å². The summed E-state index contributed by atoms with van der Waals surface area (Å²) in [5, 5.41) is 5.22. The molecule has 1 unspecified atom stereocenters. The quantitative estimate of drug-likeness (QED) is 0.544. The molecule has 0 bridgehead atoms. The van der Waals surface area contributed by atoms with E-state index in [2.05, 4.69) is 36.3 Å². The number of hydrogen-bond donors (Lipinski definition) is 1. The zero-order chi connectivity index (χ0) is 18.4. The Balaban J connectivity index is 1.61. The molecule has 2 aromatic heterocycles. The summed E-state index contributed by atoms with van der Waals surface area (Å²) in [4.78, 5) is 19.1. The highest BCUT2D eigenvalue weighted by molar-refractivity contribution is 7.98. The Morgan fingerprint density at radius 2 is 1.96 bits per heavy atom. The maximum atomic E-state index is 12.6. The van der Waals surface area contributed by atoms with Crippen LogP contribution in [0.4, 0.5) is 0 Å². The second-order valence-electron chi connectivity index (χ2n) is 6.38. The summed E-state index contributed by atoms with van der Waals surface area (Å²) >= 11 is 3.42. The van der Waals surface area contributed by atoms with Gasteiger partial charge in [-0.1, -0.05) is 26.0 Å². The number of rotatable bonds is 7. The van der Waals surface area contributed by atoms with Crippen LogP contribution in [0.5, 0.6) is 0 Å². The van der Waals surface area contributed by atoms with Crippen molar-refractivity contribution in [3.63, 3.8) is 0 Å². The van der Waals surface area contributed by atoms with E-state index in [4.69, 9.17) is 0 Å². The maximum Gasteiger partial charge on any atom is 0.251 e. The number of carbonyl (C=O) groups excluding carboxylic acids is 1. The number of nitrogens with one attached hydrogen (secondary N) is 1. The highest BCUT2D eigenvalue weighted by Crippen LogP contribution is 2.27.